The van der Waals surface area contributed by atoms with Crippen molar-refractivity contribution in [1.29, 1.82) is 0 Å². The third-order valence-electron chi connectivity index (χ3n) is 3.55. The molecule has 1 unspecified atom stereocenters. The van der Waals surface area contributed by atoms with Crippen molar-refractivity contribution in [2.75, 3.05) is 32.8 Å². The second kappa shape index (κ2) is 13.9. The Kier molecular flexibility index (Phi) is 13.1. The molecule has 0 aliphatic heterocycles. The fourth-order valence-corrected chi connectivity index (χ4v) is 2.11. The highest BCUT2D eigenvalue weighted by Gasteiger charge is 2.10. The Morgan fingerprint density at radius 3 is 2.32 bits per heavy atom. The van der Waals surface area contributed by atoms with Gasteiger partial charge in [-0.3, -0.25) is 9.79 Å². The Morgan fingerprint density at radius 1 is 1.12 bits per heavy atom. The van der Waals surface area contributed by atoms with Gasteiger partial charge in [-0.15, -0.1) is 24.0 Å². The summed E-state index contributed by atoms with van der Waals surface area (Å²) < 4.78 is 0. The van der Waals surface area contributed by atoms with Gasteiger partial charge in [0, 0.05) is 31.5 Å². The maximum atomic E-state index is 11.5. The minimum absolute atomic E-state index is 0. The van der Waals surface area contributed by atoms with E-state index in [0.717, 1.165) is 12.1 Å². The molecule has 0 aliphatic carbocycles. The molecular formula is C18H31IN4O2. The van der Waals surface area contributed by atoms with E-state index in [0.29, 0.717) is 25.6 Å². The van der Waals surface area contributed by atoms with Crippen LogP contribution in [0.15, 0.2) is 35.3 Å². The van der Waals surface area contributed by atoms with Gasteiger partial charge in [-0.05, 0) is 12.5 Å². The van der Waals surface area contributed by atoms with E-state index in [1.54, 1.807) is 0 Å². The smallest absolute Gasteiger partial charge is 0.222 e. The van der Waals surface area contributed by atoms with Crippen LogP contribution in [0.1, 0.15) is 32.3 Å². The summed E-state index contributed by atoms with van der Waals surface area (Å²) in [5, 5.41) is 18.8. The zero-order valence-electron chi connectivity index (χ0n) is 15.3. The molecule has 0 saturated carbocycles. The summed E-state index contributed by atoms with van der Waals surface area (Å²) >= 11 is 0. The molecule has 0 saturated heterocycles. The first-order chi connectivity index (χ1) is 11.6. The Labute approximate surface area is 167 Å². The Morgan fingerprint density at radius 2 is 1.76 bits per heavy atom. The van der Waals surface area contributed by atoms with Crippen molar-refractivity contribution >= 4 is 35.8 Å². The van der Waals surface area contributed by atoms with Crippen LogP contribution in [0.5, 0.6) is 0 Å². The van der Waals surface area contributed by atoms with Crippen molar-refractivity contribution < 1.29 is 9.90 Å². The molecular weight excluding hydrogens is 431 g/mol. The number of hydrogen-bond acceptors (Lipinski definition) is 3. The van der Waals surface area contributed by atoms with Crippen LogP contribution in [0.4, 0.5) is 0 Å². The van der Waals surface area contributed by atoms with Crippen LogP contribution in [-0.2, 0) is 4.79 Å². The van der Waals surface area contributed by atoms with Crippen LogP contribution in [0.25, 0.3) is 0 Å². The predicted molar refractivity (Wildman–Crippen MR) is 114 cm³/mol. The number of guanidine groups is 1. The van der Waals surface area contributed by atoms with Gasteiger partial charge in [0.25, 0.3) is 0 Å². The average molecular weight is 462 g/mol. The summed E-state index contributed by atoms with van der Waals surface area (Å²) in [6.45, 7) is 8.17. The number of hydrogen-bond donors (Lipinski definition) is 4. The normalized spacial score (nSPS) is 12.3. The number of aliphatic imine (C=N–C) groups is 1. The summed E-state index contributed by atoms with van der Waals surface area (Å²) in [6.07, 6.45) is 0. The Balaban J connectivity index is 0.00000576. The summed E-state index contributed by atoms with van der Waals surface area (Å²) in [7, 11) is 0. The number of carbonyl (C=O) groups excluding carboxylic acids is 1. The average Bonchev–Trinajstić information content (AvgIpc) is 2.59. The lowest BCUT2D eigenvalue weighted by Crippen LogP contribution is -2.42. The zero-order valence-corrected chi connectivity index (χ0v) is 17.6. The summed E-state index contributed by atoms with van der Waals surface area (Å²) in [5.74, 6) is 0.694. The number of nitrogens with zero attached hydrogens (tertiary/aromatic N) is 1. The van der Waals surface area contributed by atoms with Gasteiger partial charge in [0.1, 0.15) is 0 Å². The van der Waals surface area contributed by atoms with Crippen LogP contribution in [0.3, 0.4) is 0 Å². The second-order valence-electron chi connectivity index (χ2n) is 5.88. The van der Waals surface area contributed by atoms with Gasteiger partial charge < -0.3 is 21.1 Å². The number of halogens is 1. The van der Waals surface area contributed by atoms with Crippen molar-refractivity contribution in [1.82, 2.24) is 16.0 Å². The fraction of sp³-hybridized carbons (Fsp3) is 0.556. The van der Waals surface area contributed by atoms with Crippen LogP contribution < -0.4 is 16.0 Å². The molecule has 1 atom stereocenters. The number of rotatable bonds is 9. The van der Waals surface area contributed by atoms with E-state index in [4.69, 9.17) is 0 Å². The Hall–Kier alpha value is -1.35. The molecule has 4 N–H and O–H groups in total. The minimum Gasteiger partial charge on any atom is -0.396 e. The third-order valence-corrected chi connectivity index (χ3v) is 3.55. The number of aliphatic hydroxyl groups excluding tert-OH is 1. The fourth-order valence-electron chi connectivity index (χ4n) is 2.11. The molecule has 0 heterocycles. The van der Waals surface area contributed by atoms with Gasteiger partial charge in [0.15, 0.2) is 5.96 Å². The van der Waals surface area contributed by atoms with Crippen molar-refractivity contribution in [2.24, 2.45) is 10.9 Å². The van der Waals surface area contributed by atoms with E-state index < -0.39 is 0 Å². The summed E-state index contributed by atoms with van der Waals surface area (Å²) in [6, 6.07) is 9.87. The van der Waals surface area contributed by atoms with Crippen LogP contribution in [0.2, 0.25) is 0 Å². The molecule has 0 aliphatic rings. The van der Waals surface area contributed by atoms with Crippen LogP contribution >= 0.6 is 24.0 Å². The molecule has 1 aromatic carbocycles. The van der Waals surface area contributed by atoms with Crippen molar-refractivity contribution in [3.63, 3.8) is 0 Å². The first-order valence-corrected chi connectivity index (χ1v) is 8.54. The molecule has 0 radical (unpaired) electrons. The van der Waals surface area contributed by atoms with Crippen molar-refractivity contribution in [3.05, 3.63) is 35.9 Å². The largest absolute Gasteiger partial charge is 0.396 e. The molecule has 25 heavy (non-hydrogen) atoms. The minimum atomic E-state index is -0.0256. The molecule has 1 amide bonds. The maximum Gasteiger partial charge on any atom is 0.222 e. The molecule has 0 aromatic heterocycles. The second-order valence-corrected chi connectivity index (χ2v) is 5.88. The molecule has 0 spiro atoms. The monoisotopic (exact) mass is 462 g/mol. The van der Waals surface area contributed by atoms with E-state index in [9.17, 15) is 9.90 Å². The van der Waals surface area contributed by atoms with Gasteiger partial charge in [-0.25, -0.2) is 0 Å². The lowest BCUT2D eigenvalue weighted by molar-refractivity contribution is -0.123. The van der Waals surface area contributed by atoms with Gasteiger partial charge in [-0.1, -0.05) is 44.2 Å². The molecule has 142 valence electrons. The number of aliphatic hydroxyl groups is 1. The molecule has 1 aromatic rings. The standard InChI is InChI=1S/C18H30N4O2.HI/c1-4-19-18(21-11-10-20-17(24)14(2)3)22-12-16(13-23)15-8-6-5-7-9-15;/h5-9,14,16,23H,4,10-13H2,1-3H3,(H,20,24)(H2,19,21,22);1H. The van der Waals surface area contributed by atoms with E-state index in [2.05, 4.69) is 20.9 Å². The molecule has 1 rings (SSSR count). The quantitative estimate of drug-likeness (QED) is 0.195. The van der Waals surface area contributed by atoms with Crippen LogP contribution in [-0.4, -0.2) is 49.8 Å². The highest BCUT2D eigenvalue weighted by atomic mass is 127. The topological polar surface area (TPSA) is 85.8 Å². The van der Waals surface area contributed by atoms with Gasteiger partial charge in [-0.2, -0.15) is 0 Å². The number of amides is 1. The first-order valence-electron chi connectivity index (χ1n) is 8.54. The molecule has 6 nitrogen and oxygen atoms in total. The van der Waals surface area contributed by atoms with Crippen molar-refractivity contribution in [3.8, 4) is 0 Å². The summed E-state index contributed by atoms with van der Waals surface area (Å²) in [5.41, 5.74) is 1.07. The zero-order chi connectivity index (χ0) is 17.8. The molecule has 0 fully saturated rings. The van der Waals surface area contributed by atoms with Gasteiger partial charge in [0.05, 0.1) is 13.2 Å². The summed E-state index contributed by atoms with van der Waals surface area (Å²) in [4.78, 5) is 16.0. The van der Waals surface area contributed by atoms with E-state index in [1.165, 1.54) is 0 Å². The van der Waals surface area contributed by atoms with E-state index >= 15 is 0 Å². The first kappa shape index (κ1) is 23.6. The third kappa shape index (κ3) is 9.64. The number of benzene rings is 1. The highest BCUT2D eigenvalue weighted by Crippen LogP contribution is 2.14. The highest BCUT2D eigenvalue weighted by molar-refractivity contribution is 14.0. The van der Waals surface area contributed by atoms with Crippen molar-refractivity contribution in [2.45, 2.75) is 26.7 Å². The predicted octanol–water partition coefficient (Wildman–Crippen LogP) is 1.71. The molecule has 0 bridgehead atoms. The van der Waals surface area contributed by atoms with E-state index in [-0.39, 0.29) is 48.3 Å². The number of nitrogens with one attached hydrogen (secondary N) is 3. The Bertz CT molecular complexity index is 509. The SMILES string of the molecule is CCNC(=NCC(CO)c1ccccc1)NCCNC(=O)C(C)C.I. The van der Waals surface area contributed by atoms with E-state index in [1.807, 2.05) is 51.1 Å². The van der Waals surface area contributed by atoms with Crippen LogP contribution in [0, 0.1) is 5.92 Å². The lowest BCUT2D eigenvalue weighted by atomic mass is 10.0. The lowest BCUT2D eigenvalue weighted by Gasteiger charge is -2.15. The maximum absolute atomic E-state index is 11.5. The van der Waals surface area contributed by atoms with Gasteiger partial charge >= 0.3 is 0 Å². The van der Waals surface area contributed by atoms with Gasteiger partial charge in [0.2, 0.25) is 5.91 Å². The number of carbonyl (C=O) groups is 1. The molecule has 7 heteroatoms.